The molecule has 7 N–H and O–H groups in total. The van der Waals surface area contributed by atoms with E-state index in [0.717, 1.165) is 16.4 Å². The number of carbonyl (C=O) groups excluding carboxylic acids is 3. The van der Waals surface area contributed by atoms with Gasteiger partial charge in [0.25, 0.3) is 11.8 Å². The summed E-state index contributed by atoms with van der Waals surface area (Å²) in [6.07, 6.45) is 3.48. The van der Waals surface area contributed by atoms with Crippen molar-refractivity contribution in [1.29, 1.82) is 0 Å². The Balaban J connectivity index is 1.22. The number of nitrogen functional groups attached to an aromatic ring is 2. The molecule has 0 bridgehead atoms. The molecular formula is C21H22N10O6S4. The molecule has 2 aromatic heterocycles. The van der Waals surface area contributed by atoms with E-state index in [-0.39, 0.29) is 27.8 Å². The van der Waals surface area contributed by atoms with Crippen molar-refractivity contribution < 1.29 is 34.5 Å². The van der Waals surface area contributed by atoms with Gasteiger partial charge in [0, 0.05) is 29.1 Å². The number of anilines is 2. The van der Waals surface area contributed by atoms with Gasteiger partial charge >= 0.3 is 5.82 Å². The minimum atomic E-state index is -1.49. The Morgan fingerprint density at radius 3 is 2.80 bits per heavy atom. The number of hydrogen-bond acceptors (Lipinski definition) is 16. The van der Waals surface area contributed by atoms with Crippen molar-refractivity contribution in [3.8, 4) is 0 Å². The molecule has 3 aliphatic rings. The van der Waals surface area contributed by atoms with Crippen molar-refractivity contribution in [2.24, 2.45) is 10.1 Å². The van der Waals surface area contributed by atoms with Gasteiger partial charge in [-0.25, -0.2) is 0 Å². The van der Waals surface area contributed by atoms with Crippen LogP contribution in [0.4, 0.5) is 10.9 Å². The molecule has 2 amide bonds. The van der Waals surface area contributed by atoms with E-state index in [1.807, 2.05) is 5.41 Å². The number of aliphatic hydroxyl groups is 1. The fraction of sp³-hybridized carbons (Fsp3) is 0.333. The van der Waals surface area contributed by atoms with Crippen LogP contribution in [0.3, 0.4) is 0 Å². The molecule has 3 aliphatic heterocycles. The summed E-state index contributed by atoms with van der Waals surface area (Å²) in [6, 6.07) is 0.657. The van der Waals surface area contributed by atoms with Crippen molar-refractivity contribution in [2.75, 3.05) is 29.6 Å². The van der Waals surface area contributed by atoms with Crippen molar-refractivity contribution in [1.82, 2.24) is 24.3 Å². The molecule has 2 aromatic rings. The number of carboxylic acids is 1. The summed E-state index contributed by atoms with van der Waals surface area (Å²) in [7, 11) is 0. The molecule has 5 heterocycles. The number of nitrogens with two attached hydrogens (primary N) is 2. The number of nitrogens with zero attached hydrogens (tertiary/aromatic N) is 7. The monoisotopic (exact) mass is 638 g/mol. The molecular weight excluding hydrogens is 617 g/mol. The second kappa shape index (κ2) is 12.1. The summed E-state index contributed by atoms with van der Waals surface area (Å²) >= 11 is 5.01. The van der Waals surface area contributed by atoms with Crippen LogP contribution in [-0.4, -0.2) is 93.1 Å². The van der Waals surface area contributed by atoms with Crippen molar-refractivity contribution in [3.05, 3.63) is 34.8 Å². The lowest BCUT2D eigenvalue weighted by Crippen LogP contribution is -2.71. The third-order valence-corrected chi connectivity index (χ3v) is 10.4. The molecule has 16 nitrogen and oxygen atoms in total. The lowest BCUT2D eigenvalue weighted by atomic mass is 10.0. The number of fused-ring (bicyclic) bond motifs is 1. The van der Waals surface area contributed by atoms with Gasteiger partial charge in [-0.1, -0.05) is 5.16 Å². The number of rotatable bonds is 10. The second-order valence-corrected chi connectivity index (χ2v) is 12.8. The molecule has 3 atom stereocenters. The molecule has 0 aliphatic carbocycles. The van der Waals surface area contributed by atoms with E-state index in [1.165, 1.54) is 35.3 Å². The highest BCUT2D eigenvalue weighted by Crippen LogP contribution is 2.42. The predicted octanol–water partition coefficient (Wildman–Crippen LogP) is -2.30. The van der Waals surface area contributed by atoms with Crippen LogP contribution in [0.25, 0.3) is 5.82 Å². The van der Waals surface area contributed by atoms with Gasteiger partial charge in [0.15, 0.2) is 5.13 Å². The van der Waals surface area contributed by atoms with Gasteiger partial charge in [0.1, 0.15) is 34.2 Å². The molecule has 1 saturated heterocycles. The fourth-order valence-corrected chi connectivity index (χ4v) is 8.10. The third kappa shape index (κ3) is 5.64. The lowest BCUT2D eigenvalue weighted by molar-refractivity contribution is -0.672. The average molecular weight is 639 g/mol. The van der Waals surface area contributed by atoms with Crippen molar-refractivity contribution in [3.63, 3.8) is 0 Å². The van der Waals surface area contributed by atoms with E-state index in [9.17, 15) is 29.8 Å². The number of aliphatic carboxylic acids is 1. The zero-order chi connectivity index (χ0) is 29.3. The Kier molecular flexibility index (Phi) is 8.54. The first-order valence-electron chi connectivity index (χ1n) is 11.7. The Morgan fingerprint density at radius 1 is 1.37 bits per heavy atom. The molecule has 20 heteroatoms. The summed E-state index contributed by atoms with van der Waals surface area (Å²) in [5, 5.41) is 37.2. The zero-order valence-corrected chi connectivity index (χ0v) is 24.1. The van der Waals surface area contributed by atoms with Crippen molar-refractivity contribution in [2.45, 2.75) is 22.5 Å². The van der Waals surface area contributed by atoms with Crippen LogP contribution < -0.4 is 26.6 Å². The first kappa shape index (κ1) is 28.9. The average Bonchev–Trinajstić information content (AvgIpc) is 3.55. The van der Waals surface area contributed by atoms with Gasteiger partial charge in [-0.2, -0.15) is 14.0 Å². The van der Waals surface area contributed by atoms with Crippen LogP contribution in [0.2, 0.25) is 0 Å². The molecule has 0 spiro atoms. The summed E-state index contributed by atoms with van der Waals surface area (Å²) < 4.78 is 7.11. The first-order valence-corrected chi connectivity index (χ1v) is 15.5. The van der Waals surface area contributed by atoms with E-state index < -0.39 is 34.9 Å². The van der Waals surface area contributed by atoms with Crippen molar-refractivity contribution >= 4 is 93.3 Å². The van der Waals surface area contributed by atoms with Gasteiger partial charge in [-0.05, 0) is 10.6 Å². The molecule has 41 heavy (non-hydrogen) atoms. The van der Waals surface area contributed by atoms with Gasteiger partial charge < -0.3 is 37.0 Å². The SMILES string of the molecule is Nc1nc(/C(=N/O)C(=O)N[C@@H]2C(=O)N3C(C(=O)[O-])=C(CSC4C=NC([n+]5ccc(N)n5CCO)=CS4)CSC23)ns1. The Morgan fingerprint density at radius 2 is 2.17 bits per heavy atom. The predicted molar refractivity (Wildman–Crippen MR) is 152 cm³/mol. The number of oxime groups is 1. The molecule has 0 saturated carbocycles. The molecule has 0 aromatic carbocycles. The minimum Gasteiger partial charge on any atom is -0.543 e. The van der Waals surface area contributed by atoms with Gasteiger partial charge in [0.2, 0.25) is 11.5 Å². The molecule has 2 unspecified atom stereocenters. The van der Waals surface area contributed by atoms with Crippen LogP contribution in [0, 0.1) is 0 Å². The maximum absolute atomic E-state index is 12.9. The number of β-lactam (4-membered cyclic amide) rings is 1. The number of nitrogens with one attached hydrogen (secondary N) is 1. The third-order valence-electron chi connectivity index (χ3n) is 6.04. The summed E-state index contributed by atoms with van der Waals surface area (Å²) in [4.78, 5) is 47.1. The fourth-order valence-electron chi connectivity index (χ4n) is 4.19. The van der Waals surface area contributed by atoms with Gasteiger partial charge in [-0.3, -0.25) is 14.5 Å². The number of aliphatic hydroxyl groups excluding tert-OH is 1. The maximum atomic E-state index is 12.9. The summed E-state index contributed by atoms with van der Waals surface area (Å²) in [6.45, 7) is 0.224. The highest BCUT2D eigenvalue weighted by molar-refractivity contribution is 8.19. The highest BCUT2D eigenvalue weighted by atomic mass is 32.2. The van der Waals surface area contributed by atoms with Crippen LogP contribution >= 0.6 is 46.8 Å². The van der Waals surface area contributed by atoms with Gasteiger partial charge in [-0.15, -0.1) is 40.0 Å². The van der Waals surface area contributed by atoms with Crippen LogP contribution in [0.15, 0.2) is 39.1 Å². The number of aliphatic imine (C=N–C) groups is 1. The number of carboxylic acid groups (broad SMARTS) is 1. The molecule has 5 rings (SSSR count). The van der Waals surface area contributed by atoms with Crippen LogP contribution in [0.1, 0.15) is 5.82 Å². The number of hydrogen-bond donors (Lipinski definition) is 5. The highest BCUT2D eigenvalue weighted by Gasteiger charge is 2.53. The Hall–Kier alpha value is -3.59. The van der Waals surface area contributed by atoms with E-state index in [1.54, 1.807) is 27.8 Å². The van der Waals surface area contributed by atoms with Gasteiger partial charge in [0.05, 0.1) is 30.2 Å². The largest absolute Gasteiger partial charge is 0.543 e. The second-order valence-electron chi connectivity index (χ2n) is 8.51. The lowest BCUT2D eigenvalue weighted by Gasteiger charge is -2.50. The summed E-state index contributed by atoms with van der Waals surface area (Å²) in [5.74, 6) is -1.54. The molecule has 216 valence electrons. The van der Waals surface area contributed by atoms with E-state index in [0.29, 0.717) is 35.3 Å². The Labute approximate surface area is 248 Å². The van der Waals surface area contributed by atoms with E-state index in [4.69, 9.17) is 11.5 Å². The normalized spacial score (nSPS) is 22.3. The number of thioether (sulfide) groups is 3. The number of amides is 2. The first-order chi connectivity index (χ1) is 19.7. The topological polar surface area (TPSA) is 241 Å². The standard InChI is InChI=1S/C21H22N10O6S4/c22-10-1-2-30(29(10)3-4-32)11-8-39-12(5-24-11)38-6-9-7-40-19-14(18(34)31(19)15(9)20(35)36)25-17(33)13(27-37)16-26-21(23)41-28-16/h1-2,5,8,12,14,19,22,32H,3-4,6-7H2,(H5,23,25,26,28,33,35,36,37)/t12?,14-,19?/m1/s1. The number of carbonyl (C=O) groups is 3. The number of aromatic nitrogens is 4. The quantitative estimate of drug-likeness (QED) is 0.0605. The molecule has 1 fully saturated rings. The van der Waals surface area contributed by atoms with Crippen LogP contribution in [0.5, 0.6) is 0 Å². The summed E-state index contributed by atoms with van der Waals surface area (Å²) in [5.41, 5.74) is 11.2. The molecule has 0 radical (unpaired) electrons. The zero-order valence-electron chi connectivity index (χ0n) is 20.8. The maximum Gasteiger partial charge on any atom is 0.352 e. The van der Waals surface area contributed by atoms with E-state index in [2.05, 4.69) is 24.8 Å². The minimum absolute atomic E-state index is 0.0588. The van der Waals surface area contributed by atoms with Crippen LogP contribution in [-0.2, 0) is 20.9 Å². The van der Waals surface area contributed by atoms with E-state index >= 15 is 0 Å². The smallest absolute Gasteiger partial charge is 0.352 e. The Bertz CT molecular complexity index is 1520.